The molecule has 0 radical (unpaired) electrons. The van der Waals surface area contributed by atoms with E-state index in [1.165, 1.54) is 7.11 Å². The molecule has 0 saturated heterocycles. The lowest BCUT2D eigenvalue weighted by Crippen LogP contribution is -2.32. The molecule has 0 spiro atoms. The van der Waals surface area contributed by atoms with Gasteiger partial charge in [-0.25, -0.2) is 4.79 Å². The second-order valence-corrected chi connectivity index (χ2v) is 9.65. The van der Waals surface area contributed by atoms with E-state index in [1.54, 1.807) is 0 Å². The molecule has 3 aromatic rings. The predicted octanol–water partition coefficient (Wildman–Crippen LogP) is 6.10. The number of amides is 1. The molecule has 0 aromatic heterocycles. The van der Waals surface area contributed by atoms with Gasteiger partial charge in [-0.3, -0.25) is 4.79 Å². The van der Waals surface area contributed by atoms with Gasteiger partial charge in [0.15, 0.2) is 0 Å². The lowest BCUT2D eigenvalue weighted by atomic mass is 10.0. The number of methoxy groups -OCH3 is 1. The highest BCUT2D eigenvalue weighted by Gasteiger charge is 2.16. The molecular formula is C30H36N2O5. The van der Waals surface area contributed by atoms with Crippen molar-refractivity contribution < 1.29 is 23.8 Å². The minimum atomic E-state index is -0.539. The number of hydrogen-bond acceptors (Lipinski definition) is 6. The first-order chi connectivity index (χ1) is 17.7. The number of benzene rings is 3. The molecule has 0 aliphatic heterocycles. The van der Waals surface area contributed by atoms with Crippen LogP contribution in [0.2, 0.25) is 0 Å². The van der Waals surface area contributed by atoms with Gasteiger partial charge >= 0.3 is 12.1 Å². The molecule has 1 amide bonds. The molecule has 0 aliphatic carbocycles. The summed E-state index contributed by atoms with van der Waals surface area (Å²) in [5, 5.41) is 6.08. The maximum Gasteiger partial charge on any atom is 0.407 e. The van der Waals surface area contributed by atoms with Gasteiger partial charge in [-0.05, 0) is 68.1 Å². The summed E-state index contributed by atoms with van der Waals surface area (Å²) in [5.74, 6) is 0.327. The van der Waals surface area contributed by atoms with Crippen molar-refractivity contribution in [1.82, 2.24) is 5.32 Å². The number of esters is 1. The van der Waals surface area contributed by atoms with Crippen molar-refractivity contribution in [2.45, 2.75) is 52.9 Å². The third kappa shape index (κ3) is 8.86. The molecule has 196 valence electrons. The van der Waals surface area contributed by atoms with E-state index in [2.05, 4.69) is 16.7 Å². The minimum Gasteiger partial charge on any atom is -0.489 e. The normalized spacial score (nSPS) is 10.9. The number of alkyl carbamates (subject to hydrolysis) is 1. The first-order valence-electron chi connectivity index (χ1n) is 12.4. The van der Waals surface area contributed by atoms with Gasteiger partial charge in [0.1, 0.15) is 18.0 Å². The standard InChI is InChI=1S/C30H36N2O5/c1-6-31-26-14-13-25(17-28(33)35-5)27(18-26)36-20-22-10-8-12-24(16-22)23-11-7-9-21(15-23)19-32-29(34)37-30(2,3)4/h7-16,18,31H,6,17,19-20H2,1-5H3,(H,32,34). The highest BCUT2D eigenvalue weighted by Crippen LogP contribution is 2.27. The third-order valence-corrected chi connectivity index (χ3v) is 5.43. The van der Waals surface area contributed by atoms with Gasteiger partial charge in [-0.15, -0.1) is 0 Å². The van der Waals surface area contributed by atoms with Gasteiger partial charge < -0.3 is 24.8 Å². The second kappa shape index (κ2) is 12.8. The maximum atomic E-state index is 12.0. The van der Waals surface area contributed by atoms with E-state index in [0.717, 1.165) is 40.0 Å². The van der Waals surface area contributed by atoms with Crippen molar-refractivity contribution in [3.63, 3.8) is 0 Å². The number of carbonyl (C=O) groups excluding carboxylic acids is 2. The summed E-state index contributed by atoms with van der Waals surface area (Å²) in [4.78, 5) is 23.9. The summed E-state index contributed by atoms with van der Waals surface area (Å²) in [6, 6.07) is 21.9. The summed E-state index contributed by atoms with van der Waals surface area (Å²) in [6.45, 7) is 9.03. The number of nitrogens with one attached hydrogen (secondary N) is 2. The molecule has 3 aromatic carbocycles. The van der Waals surface area contributed by atoms with E-state index < -0.39 is 11.7 Å². The molecule has 0 fully saturated rings. The van der Waals surface area contributed by atoms with Crippen LogP contribution in [-0.2, 0) is 33.8 Å². The van der Waals surface area contributed by atoms with E-state index in [1.807, 2.05) is 88.4 Å². The van der Waals surface area contributed by atoms with Gasteiger partial charge in [0.2, 0.25) is 0 Å². The van der Waals surface area contributed by atoms with Crippen molar-refractivity contribution in [2.24, 2.45) is 0 Å². The zero-order chi connectivity index (χ0) is 26.8. The quantitative estimate of drug-likeness (QED) is 0.324. The molecule has 0 atom stereocenters. The molecule has 2 N–H and O–H groups in total. The summed E-state index contributed by atoms with van der Waals surface area (Å²) in [7, 11) is 1.38. The number of carbonyl (C=O) groups is 2. The highest BCUT2D eigenvalue weighted by molar-refractivity contribution is 5.74. The fourth-order valence-electron chi connectivity index (χ4n) is 3.73. The molecule has 37 heavy (non-hydrogen) atoms. The van der Waals surface area contributed by atoms with E-state index >= 15 is 0 Å². The zero-order valence-electron chi connectivity index (χ0n) is 22.2. The number of ether oxygens (including phenoxy) is 3. The van der Waals surface area contributed by atoms with Crippen LogP contribution in [0.1, 0.15) is 44.4 Å². The first-order valence-corrected chi connectivity index (χ1v) is 12.4. The molecule has 3 rings (SSSR count). The SMILES string of the molecule is CCNc1ccc(CC(=O)OC)c(OCc2cccc(-c3cccc(CNC(=O)OC(C)(C)C)c3)c2)c1. The first kappa shape index (κ1) is 27.6. The molecule has 7 heteroatoms. The molecule has 7 nitrogen and oxygen atoms in total. The average molecular weight is 505 g/mol. The largest absolute Gasteiger partial charge is 0.489 e. The van der Waals surface area contributed by atoms with Gasteiger partial charge in [0.05, 0.1) is 13.5 Å². The van der Waals surface area contributed by atoms with E-state index in [9.17, 15) is 9.59 Å². The van der Waals surface area contributed by atoms with Crippen LogP contribution in [0.4, 0.5) is 10.5 Å². The lowest BCUT2D eigenvalue weighted by Gasteiger charge is -2.19. The Morgan fingerprint density at radius 2 is 1.57 bits per heavy atom. The van der Waals surface area contributed by atoms with E-state index in [-0.39, 0.29) is 12.4 Å². The molecule has 0 bridgehead atoms. The van der Waals surface area contributed by atoms with Gasteiger partial charge in [-0.1, -0.05) is 42.5 Å². The zero-order valence-corrected chi connectivity index (χ0v) is 22.2. The van der Waals surface area contributed by atoms with Crippen LogP contribution in [0.5, 0.6) is 5.75 Å². The smallest absolute Gasteiger partial charge is 0.407 e. The lowest BCUT2D eigenvalue weighted by molar-refractivity contribution is -0.139. The van der Waals surface area contributed by atoms with Crippen LogP contribution in [0.3, 0.4) is 0 Å². The van der Waals surface area contributed by atoms with E-state index in [4.69, 9.17) is 14.2 Å². The van der Waals surface area contributed by atoms with Gasteiger partial charge in [0.25, 0.3) is 0 Å². The van der Waals surface area contributed by atoms with Crippen LogP contribution in [-0.4, -0.2) is 31.3 Å². The molecule has 0 aliphatic rings. The summed E-state index contributed by atoms with van der Waals surface area (Å²) < 4.78 is 16.3. The fourth-order valence-corrected chi connectivity index (χ4v) is 3.73. The Labute approximate surface area is 219 Å². The number of rotatable bonds is 10. The Morgan fingerprint density at radius 1 is 0.892 bits per heavy atom. The van der Waals surface area contributed by atoms with Crippen molar-refractivity contribution in [3.05, 3.63) is 83.4 Å². The molecule has 0 heterocycles. The van der Waals surface area contributed by atoms with Crippen LogP contribution in [0, 0.1) is 0 Å². The Balaban J connectivity index is 1.71. The summed E-state index contributed by atoms with van der Waals surface area (Å²) in [6.07, 6.45) is -0.301. The Morgan fingerprint density at radius 3 is 2.22 bits per heavy atom. The number of anilines is 1. The third-order valence-electron chi connectivity index (χ3n) is 5.43. The van der Waals surface area contributed by atoms with Crippen LogP contribution in [0.25, 0.3) is 11.1 Å². The van der Waals surface area contributed by atoms with Gasteiger partial charge in [0, 0.05) is 30.4 Å². The Kier molecular flexibility index (Phi) is 9.55. The monoisotopic (exact) mass is 504 g/mol. The molecule has 0 saturated carbocycles. The van der Waals surface area contributed by atoms with Crippen LogP contribution in [0.15, 0.2) is 66.7 Å². The van der Waals surface area contributed by atoms with Crippen LogP contribution >= 0.6 is 0 Å². The summed E-state index contributed by atoms with van der Waals surface area (Å²) >= 11 is 0. The fraction of sp³-hybridized carbons (Fsp3) is 0.333. The topological polar surface area (TPSA) is 85.9 Å². The second-order valence-electron chi connectivity index (χ2n) is 9.65. The van der Waals surface area contributed by atoms with Crippen molar-refractivity contribution in [1.29, 1.82) is 0 Å². The Hall–Kier alpha value is -4.00. The molecule has 0 unspecified atom stereocenters. The van der Waals surface area contributed by atoms with E-state index in [0.29, 0.717) is 18.9 Å². The average Bonchev–Trinajstić information content (AvgIpc) is 2.87. The molecular weight excluding hydrogens is 468 g/mol. The summed E-state index contributed by atoms with van der Waals surface area (Å²) in [5.41, 5.74) is 5.20. The minimum absolute atomic E-state index is 0.141. The maximum absolute atomic E-state index is 12.0. The predicted molar refractivity (Wildman–Crippen MR) is 146 cm³/mol. The van der Waals surface area contributed by atoms with Crippen molar-refractivity contribution in [2.75, 3.05) is 19.0 Å². The number of hydrogen-bond donors (Lipinski definition) is 2. The van der Waals surface area contributed by atoms with Crippen LogP contribution < -0.4 is 15.4 Å². The van der Waals surface area contributed by atoms with Crippen molar-refractivity contribution in [3.8, 4) is 16.9 Å². The highest BCUT2D eigenvalue weighted by atomic mass is 16.6. The van der Waals surface area contributed by atoms with Gasteiger partial charge in [-0.2, -0.15) is 0 Å². The Bertz CT molecular complexity index is 1220. The van der Waals surface area contributed by atoms with Crippen molar-refractivity contribution >= 4 is 17.7 Å².